The van der Waals surface area contributed by atoms with Crippen molar-refractivity contribution in [3.63, 3.8) is 0 Å². The van der Waals surface area contributed by atoms with Crippen molar-refractivity contribution < 1.29 is 4.79 Å². The lowest BCUT2D eigenvalue weighted by Gasteiger charge is -2.10. The van der Waals surface area contributed by atoms with Gasteiger partial charge in [0.1, 0.15) is 0 Å². The minimum absolute atomic E-state index is 0.0119. The predicted octanol–water partition coefficient (Wildman–Crippen LogP) is 1.16. The lowest BCUT2D eigenvalue weighted by Crippen LogP contribution is -2.42. The molecule has 2 heterocycles. The van der Waals surface area contributed by atoms with Gasteiger partial charge < -0.3 is 10.3 Å². The number of nitrogens with one attached hydrogen (secondary N) is 3. The number of pyridine rings is 1. The van der Waals surface area contributed by atoms with Crippen LogP contribution in [0.4, 0.5) is 0 Å². The molecule has 6 heteroatoms. The standard InChI is InChI=1S/C16H19N3O2S/c1-10-2-3-11-7-12(15(20)19-13(11)6-10)4-5-17-16(21)14-8-22-9-18-14/h2-3,6-7,14,18H,4-5,8-9H2,1H3,(H,17,21)(H,19,20). The Bertz CT molecular complexity index is 751. The first-order valence-electron chi connectivity index (χ1n) is 7.35. The lowest BCUT2D eigenvalue weighted by molar-refractivity contribution is -0.122. The van der Waals surface area contributed by atoms with Crippen molar-refractivity contribution in [2.45, 2.75) is 19.4 Å². The van der Waals surface area contributed by atoms with E-state index in [1.807, 2.05) is 31.2 Å². The van der Waals surface area contributed by atoms with Crippen molar-refractivity contribution in [2.75, 3.05) is 18.2 Å². The van der Waals surface area contributed by atoms with Crippen molar-refractivity contribution in [2.24, 2.45) is 0 Å². The van der Waals surface area contributed by atoms with Gasteiger partial charge in [-0.3, -0.25) is 14.9 Å². The van der Waals surface area contributed by atoms with Gasteiger partial charge in [0.2, 0.25) is 5.91 Å². The molecule has 1 saturated heterocycles. The Kier molecular flexibility index (Phi) is 4.49. The second-order valence-electron chi connectivity index (χ2n) is 5.53. The molecule has 3 N–H and O–H groups in total. The quantitative estimate of drug-likeness (QED) is 0.791. The molecule has 1 aliphatic rings. The van der Waals surface area contributed by atoms with Gasteiger partial charge in [-0.15, -0.1) is 11.8 Å². The smallest absolute Gasteiger partial charge is 0.251 e. The minimum atomic E-state index is -0.108. The van der Waals surface area contributed by atoms with Crippen molar-refractivity contribution in [3.05, 3.63) is 45.7 Å². The van der Waals surface area contributed by atoms with Crippen LogP contribution < -0.4 is 16.2 Å². The van der Waals surface area contributed by atoms with Gasteiger partial charge in [-0.2, -0.15) is 0 Å². The lowest BCUT2D eigenvalue weighted by atomic mass is 10.1. The second-order valence-corrected chi connectivity index (χ2v) is 6.56. The Labute approximate surface area is 132 Å². The summed E-state index contributed by atoms with van der Waals surface area (Å²) in [7, 11) is 0. The molecular formula is C16H19N3O2S. The molecule has 1 unspecified atom stereocenters. The van der Waals surface area contributed by atoms with Gasteiger partial charge in [0.05, 0.1) is 6.04 Å². The summed E-state index contributed by atoms with van der Waals surface area (Å²) in [4.78, 5) is 26.9. The number of carbonyl (C=O) groups is 1. The molecule has 0 bridgehead atoms. The molecule has 3 rings (SSSR count). The van der Waals surface area contributed by atoms with E-state index in [2.05, 4.69) is 15.6 Å². The van der Waals surface area contributed by atoms with Crippen molar-refractivity contribution in [1.82, 2.24) is 15.6 Å². The Morgan fingerprint density at radius 2 is 2.27 bits per heavy atom. The summed E-state index contributed by atoms with van der Waals surface area (Å²) in [5.74, 6) is 1.64. The first-order valence-corrected chi connectivity index (χ1v) is 8.50. The van der Waals surface area contributed by atoms with Crippen molar-refractivity contribution >= 4 is 28.6 Å². The predicted molar refractivity (Wildman–Crippen MR) is 90.3 cm³/mol. The van der Waals surface area contributed by atoms with E-state index >= 15 is 0 Å². The van der Waals surface area contributed by atoms with Crippen LogP contribution in [0, 0.1) is 6.92 Å². The van der Waals surface area contributed by atoms with Gasteiger partial charge in [0, 0.05) is 29.3 Å². The molecular weight excluding hydrogens is 298 g/mol. The van der Waals surface area contributed by atoms with Gasteiger partial charge >= 0.3 is 0 Å². The van der Waals surface area contributed by atoms with Crippen LogP contribution in [0.25, 0.3) is 10.9 Å². The van der Waals surface area contributed by atoms with E-state index in [0.717, 1.165) is 28.1 Å². The summed E-state index contributed by atoms with van der Waals surface area (Å²) in [6, 6.07) is 7.79. The largest absolute Gasteiger partial charge is 0.354 e. The molecule has 0 spiro atoms. The number of fused-ring (bicyclic) bond motifs is 1. The maximum absolute atomic E-state index is 12.1. The third-order valence-corrected chi connectivity index (χ3v) is 4.74. The van der Waals surface area contributed by atoms with Crippen molar-refractivity contribution in [1.29, 1.82) is 0 Å². The summed E-state index contributed by atoms with van der Waals surface area (Å²) in [6.07, 6.45) is 0.532. The number of hydrogen-bond acceptors (Lipinski definition) is 4. The first kappa shape index (κ1) is 15.1. The van der Waals surface area contributed by atoms with Crippen LogP contribution in [0.1, 0.15) is 11.1 Å². The van der Waals surface area contributed by atoms with Crippen LogP contribution >= 0.6 is 11.8 Å². The maximum atomic E-state index is 12.1. The highest BCUT2D eigenvalue weighted by molar-refractivity contribution is 7.99. The highest BCUT2D eigenvalue weighted by atomic mass is 32.2. The Morgan fingerprint density at radius 3 is 3.05 bits per heavy atom. The van der Waals surface area contributed by atoms with Crippen LogP contribution in [0.15, 0.2) is 29.1 Å². The monoisotopic (exact) mass is 317 g/mol. The molecule has 1 aromatic carbocycles. The molecule has 1 amide bonds. The molecule has 2 aromatic rings. The van der Waals surface area contributed by atoms with E-state index in [0.29, 0.717) is 18.5 Å². The Balaban J connectivity index is 1.66. The fourth-order valence-electron chi connectivity index (χ4n) is 2.55. The van der Waals surface area contributed by atoms with Gasteiger partial charge in [-0.1, -0.05) is 12.1 Å². The number of thioether (sulfide) groups is 1. The fraction of sp³-hybridized carbons (Fsp3) is 0.375. The third-order valence-electron chi connectivity index (χ3n) is 3.80. The number of amides is 1. The van der Waals surface area contributed by atoms with Crippen LogP contribution in [0.2, 0.25) is 0 Å². The molecule has 116 valence electrons. The molecule has 5 nitrogen and oxygen atoms in total. The van der Waals surface area contributed by atoms with Gasteiger partial charge in [-0.25, -0.2) is 0 Å². The zero-order chi connectivity index (χ0) is 15.5. The van der Waals surface area contributed by atoms with Crippen LogP contribution in [0.5, 0.6) is 0 Å². The molecule has 1 atom stereocenters. The van der Waals surface area contributed by atoms with E-state index in [4.69, 9.17) is 0 Å². The number of rotatable bonds is 4. The zero-order valence-corrected chi connectivity index (χ0v) is 13.3. The van der Waals surface area contributed by atoms with Gasteiger partial charge in [0.15, 0.2) is 0 Å². The molecule has 0 radical (unpaired) electrons. The Morgan fingerprint density at radius 1 is 1.41 bits per heavy atom. The zero-order valence-electron chi connectivity index (χ0n) is 12.4. The normalized spacial score (nSPS) is 17.8. The number of carbonyl (C=O) groups excluding carboxylic acids is 1. The van der Waals surface area contributed by atoms with Crippen LogP contribution in [0.3, 0.4) is 0 Å². The van der Waals surface area contributed by atoms with E-state index in [-0.39, 0.29) is 17.5 Å². The Hall–Kier alpha value is -1.79. The van der Waals surface area contributed by atoms with Crippen molar-refractivity contribution in [3.8, 4) is 0 Å². The number of benzene rings is 1. The van der Waals surface area contributed by atoms with Crippen LogP contribution in [-0.4, -0.2) is 35.1 Å². The van der Waals surface area contributed by atoms with E-state index in [1.165, 1.54) is 0 Å². The highest BCUT2D eigenvalue weighted by Crippen LogP contribution is 2.13. The summed E-state index contributed by atoms with van der Waals surface area (Å²) < 4.78 is 0. The summed E-state index contributed by atoms with van der Waals surface area (Å²) in [6.45, 7) is 2.47. The maximum Gasteiger partial charge on any atom is 0.251 e. The number of aromatic nitrogens is 1. The van der Waals surface area contributed by atoms with E-state index in [1.54, 1.807) is 11.8 Å². The fourth-order valence-corrected chi connectivity index (χ4v) is 3.49. The number of hydrogen-bond donors (Lipinski definition) is 3. The molecule has 0 aliphatic carbocycles. The summed E-state index contributed by atoms with van der Waals surface area (Å²) in [5.41, 5.74) is 2.59. The first-order chi connectivity index (χ1) is 10.6. The third kappa shape index (κ3) is 3.34. The average Bonchev–Trinajstić information content (AvgIpc) is 3.02. The second kappa shape index (κ2) is 6.54. The van der Waals surface area contributed by atoms with E-state index < -0.39 is 0 Å². The number of H-pyrrole nitrogens is 1. The number of aryl methyl sites for hydroxylation is 1. The molecule has 1 fully saturated rings. The molecule has 22 heavy (non-hydrogen) atoms. The van der Waals surface area contributed by atoms with Gasteiger partial charge in [0.25, 0.3) is 5.56 Å². The molecule has 1 aliphatic heterocycles. The SMILES string of the molecule is Cc1ccc2cc(CCNC(=O)C3CSCN3)c(=O)[nH]c2c1. The highest BCUT2D eigenvalue weighted by Gasteiger charge is 2.21. The molecule has 1 aromatic heterocycles. The summed E-state index contributed by atoms with van der Waals surface area (Å²) in [5, 5.41) is 7.03. The molecule has 0 saturated carbocycles. The summed E-state index contributed by atoms with van der Waals surface area (Å²) >= 11 is 1.72. The van der Waals surface area contributed by atoms with Gasteiger partial charge in [-0.05, 0) is 36.4 Å². The topological polar surface area (TPSA) is 74.0 Å². The number of aromatic amines is 1. The minimum Gasteiger partial charge on any atom is -0.354 e. The van der Waals surface area contributed by atoms with Crippen LogP contribution in [-0.2, 0) is 11.2 Å². The van der Waals surface area contributed by atoms with E-state index in [9.17, 15) is 9.59 Å². The average molecular weight is 317 g/mol.